The SMILES string of the molecule is CCc1cc(-c2nnn(Cc3ccc(F)cc3)c2I)c(O[Si](C)(C)C(C)(C)C)cc1O[Si](C)(C)C(C)(C)C. The van der Waals surface area contributed by atoms with Gasteiger partial charge in [0.05, 0.1) is 6.54 Å². The van der Waals surface area contributed by atoms with Gasteiger partial charge >= 0.3 is 0 Å². The minimum absolute atomic E-state index is 0.0293. The molecule has 0 unspecified atom stereocenters. The van der Waals surface area contributed by atoms with Gasteiger partial charge in [-0.3, -0.25) is 0 Å². The average Bonchev–Trinajstić information content (AvgIpc) is 3.13. The van der Waals surface area contributed by atoms with Crippen molar-refractivity contribution in [2.75, 3.05) is 0 Å². The number of hydrogen-bond acceptors (Lipinski definition) is 4. The number of nitrogens with zero attached hydrogens (tertiary/aromatic N) is 3. The van der Waals surface area contributed by atoms with Crippen molar-refractivity contribution in [2.24, 2.45) is 0 Å². The Morgan fingerprint density at radius 2 is 1.39 bits per heavy atom. The number of benzene rings is 2. The molecule has 0 amide bonds. The maximum atomic E-state index is 13.4. The first-order chi connectivity index (χ1) is 17.4. The summed E-state index contributed by atoms with van der Waals surface area (Å²) in [6.45, 7) is 25.2. The molecule has 0 bridgehead atoms. The number of aromatic nitrogens is 3. The molecule has 0 aliphatic heterocycles. The summed E-state index contributed by atoms with van der Waals surface area (Å²) in [6.07, 6.45) is 0.831. The maximum absolute atomic E-state index is 13.4. The highest BCUT2D eigenvalue weighted by atomic mass is 127. The molecule has 208 valence electrons. The van der Waals surface area contributed by atoms with Crippen LogP contribution in [-0.4, -0.2) is 31.6 Å². The minimum atomic E-state index is -2.17. The van der Waals surface area contributed by atoms with E-state index in [9.17, 15) is 4.39 Å². The molecule has 1 aromatic heterocycles. The summed E-state index contributed by atoms with van der Waals surface area (Å²) in [4.78, 5) is 0. The van der Waals surface area contributed by atoms with Crippen LogP contribution in [0.5, 0.6) is 11.5 Å². The first kappa shape index (κ1) is 30.8. The fourth-order valence-corrected chi connectivity index (χ4v) is 6.17. The van der Waals surface area contributed by atoms with Gasteiger partial charge in [0, 0.05) is 11.6 Å². The van der Waals surface area contributed by atoms with Gasteiger partial charge < -0.3 is 8.85 Å². The molecule has 5 nitrogen and oxygen atoms in total. The van der Waals surface area contributed by atoms with Gasteiger partial charge in [0.1, 0.15) is 26.7 Å². The predicted molar refractivity (Wildman–Crippen MR) is 169 cm³/mol. The zero-order valence-electron chi connectivity index (χ0n) is 24.8. The summed E-state index contributed by atoms with van der Waals surface area (Å²) in [5.41, 5.74) is 3.82. The Morgan fingerprint density at radius 1 is 0.868 bits per heavy atom. The summed E-state index contributed by atoms with van der Waals surface area (Å²) in [7, 11) is -4.24. The van der Waals surface area contributed by atoms with Gasteiger partial charge in [-0.05, 0) is 94.6 Å². The summed E-state index contributed by atoms with van der Waals surface area (Å²) >= 11 is 2.30. The second-order valence-electron chi connectivity index (χ2n) is 13.0. The van der Waals surface area contributed by atoms with E-state index >= 15 is 0 Å². The Bertz CT molecular complexity index is 1280. The van der Waals surface area contributed by atoms with Crippen LogP contribution < -0.4 is 8.85 Å². The molecule has 0 saturated heterocycles. The third-order valence-electron chi connectivity index (χ3n) is 8.06. The Kier molecular flexibility index (Phi) is 8.95. The highest BCUT2D eigenvalue weighted by molar-refractivity contribution is 14.1. The van der Waals surface area contributed by atoms with E-state index in [1.165, 1.54) is 12.1 Å². The molecule has 3 rings (SSSR count). The third-order valence-corrected chi connectivity index (χ3v) is 17.8. The molecular formula is C29H43FIN3O2Si2. The van der Waals surface area contributed by atoms with Crippen LogP contribution in [-0.2, 0) is 13.0 Å². The molecule has 2 aromatic carbocycles. The molecule has 0 radical (unpaired) electrons. The normalized spacial score (nSPS) is 13.1. The lowest BCUT2D eigenvalue weighted by molar-refractivity contribution is 0.472. The molecule has 1 heterocycles. The van der Waals surface area contributed by atoms with Gasteiger partial charge in [-0.1, -0.05) is 65.8 Å². The number of hydrogen-bond donors (Lipinski definition) is 0. The van der Waals surface area contributed by atoms with Gasteiger partial charge in [0.25, 0.3) is 8.32 Å². The molecule has 38 heavy (non-hydrogen) atoms. The van der Waals surface area contributed by atoms with Crippen LogP contribution in [0.1, 0.15) is 59.6 Å². The van der Waals surface area contributed by atoms with Crippen molar-refractivity contribution < 1.29 is 13.2 Å². The standard InChI is InChI=1S/C29H43FIN3O2Si2/c1-12-21-17-23(26-27(31)34(33-32-26)19-20-13-15-22(30)16-14-20)25(36-38(10,11)29(5,6)7)18-24(21)35-37(8,9)28(2,3)4/h13-18H,12,19H2,1-11H3. The second-order valence-corrected chi connectivity index (χ2v) is 23.5. The highest BCUT2D eigenvalue weighted by Crippen LogP contribution is 2.45. The van der Waals surface area contributed by atoms with E-state index in [1.54, 1.807) is 12.1 Å². The van der Waals surface area contributed by atoms with Crippen LogP contribution in [0.3, 0.4) is 0 Å². The zero-order valence-corrected chi connectivity index (χ0v) is 28.9. The summed E-state index contributed by atoms with van der Waals surface area (Å²) in [6, 6.07) is 10.8. The van der Waals surface area contributed by atoms with E-state index in [4.69, 9.17) is 8.85 Å². The summed E-state index contributed by atoms with van der Waals surface area (Å²) < 4.78 is 30.0. The molecule has 0 atom stereocenters. The molecule has 0 N–H and O–H groups in total. The van der Waals surface area contributed by atoms with E-state index in [0.717, 1.165) is 44.0 Å². The average molecular weight is 668 g/mol. The maximum Gasteiger partial charge on any atom is 0.250 e. The molecule has 3 aromatic rings. The molecule has 9 heteroatoms. The first-order valence-corrected chi connectivity index (χ1v) is 20.1. The minimum Gasteiger partial charge on any atom is -0.543 e. The molecule has 0 aliphatic rings. The number of rotatable bonds is 8. The zero-order chi connectivity index (χ0) is 28.7. The number of aryl methyl sites for hydroxylation is 1. The third kappa shape index (κ3) is 6.70. The highest BCUT2D eigenvalue weighted by Gasteiger charge is 2.41. The molecule has 0 aliphatic carbocycles. The molecule has 0 saturated carbocycles. The quantitative estimate of drug-likeness (QED) is 0.178. The van der Waals surface area contributed by atoms with E-state index in [0.29, 0.717) is 6.54 Å². The summed E-state index contributed by atoms with van der Waals surface area (Å²) in [5.74, 6) is 1.46. The monoisotopic (exact) mass is 667 g/mol. The van der Waals surface area contributed by atoms with Gasteiger partial charge in [0.2, 0.25) is 8.32 Å². The van der Waals surface area contributed by atoms with Gasteiger partial charge in [0.15, 0.2) is 0 Å². The van der Waals surface area contributed by atoms with Crippen molar-refractivity contribution in [3.8, 4) is 22.8 Å². The Morgan fingerprint density at radius 3 is 1.89 bits per heavy atom. The molecule has 0 spiro atoms. The topological polar surface area (TPSA) is 49.2 Å². The van der Waals surface area contributed by atoms with Crippen molar-refractivity contribution in [3.05, 3.63) is 57.0 Å². The molecular weight excluding hydrogens is 624 g/mol. The van der Waals surface area contributed by atoms with Crippen molar-refractivity contribution in [1.82, 2.24) is 15.0 Å². The second kappa shape index (κ2) is 11.0. The number of halogens is 2. The van der Waals surface area contributed by atoms with Crippen molar-refractivity contribution >= 4 is 39.2 Å². The first-order valence-electron chi connectivity index (χ1n) is 13.2. The lowest BCUT2D eigenvalue weighted by atomic mass is 10.0. The van der Waals surface area contributed by atoms with E-state index < -0.39 is 16.6 Å². The van der Waals surface area contributed by atoms with Crippen LogP contribution >= 0.6 is 22.6 Å². The van der Waals surface area contributed by atoms with Crippen LogP contribution in [0.2, 0.25) is 36.3 Å². The van der Waals surface area contributed by atoms with E-state index in [-0.39, 0.29) is 15.9 Å². The van der Waals surface area contributed by atoms with Crippen LogP contribution in [0, 0.1) is 9.52 Å². The Labute approximate surface area is 243 Å². The smallest absolute Gasteiger partial charge is 0.250 e. The largest absolute Gasteiger partial charge is 0.543 e. The lowest BCUT2D eigenvalue weighted by Gasteiger charge is -2.39. The van der Waals surface area contributed by atoms with E-state index in [2.05, 4.69) is 120 Å². The fraction of sp³-hybridized carbons (Fsp3) is 0.517. The van der Waals surface area contributed by atoms with Gasteiger partial charge in [-0.2, -0.15) is 0 Å². The molecule has 0 fully saturated rings. The van der Waals surface area contributed by atoms with Gasteiger partial charge in [-0.25, -0.2) is 9.07 Å². The van der Waals surface area contributed by atoms with Crippen molar-refractivity contribution in [1.29, 1.82) is 0 Å². The summed E-state index contributed by atoms with van der Waals surface area (Å²) in [5, 5.41) is 9.18. The van der Waals surface area contributed by atoms with Crippen LogP contribution in [0.15, 0.2) is 36.4 Å². The van der Waals surface area contributed by atoms with Crippen molar-refractivity contribution in [2.45, 2.75) is 97.7 Å². The van der Waals surface area contributed by atoms with Crippen molar-refractivity contribution in [3.63, 3.8) is 0 Å². The van der Waals surface area contributed by atoms with Crippen LogP contribution in [0.4, 0.5) is 4.39 Å². The lowest BCUT2D eigenvalue weighted by Crippen LogP contribution is -2.44. The van der Waals surface area contributed by atoms with Crippen LogP contribution in [0.25, 0.3) is 11.3 Å². The Balaban J connectivity index is 2.15. The van der Waals surface area contributed by atoms with E-state index in [1.807, 2.05) is 4.68 Å². The predicted octanol–water partition coefficient (Wildman–Crippen LogP) is 9.07. The van der Waals surface area contributed by atoms with Gasteiger partial charge in [-0.15, -0.1) is 5.10 Å². The Hall–Kier alpha value is -1.73. The fourth-order valence-electron chi connectivity index (χ4n) is 3.43.